The van der Waals surface area contributed by atoms with E-state index in [1.165, 1.54) is 0 Å². The number of aliphatic hydroxyl groups excluding tert-OH is 1. The Bertz CT molecular complexity index is 667. The molecule has 2 amide bonds. The largest absolute Gasteiger partial charge is 0.457 e. The van der Waals surface area contributed by atoms with Crippen molar-refractivity contribution in [3.05, 3.63) is 54.6 Å². The maximum Gasteiger partial charge on any atom is 0.313 e. The molecule has 2 aromatic rings. The second kappa shape index (κ2) is 8.69. The third-order valence-electron chi connectivity index (χ3n) is 3.35. The SMILES string of the molecule is CCC(CO)NC(=O)C(=O)Nc1ccc(Oc2ccccc2)cc1. The molecule has 0 aliphatic heterocycles. The van der Waals surface area contributed by atoms with E-state index in [-0.39, 0.29) is 6.61 Å². The average Bonchev–Trinajstić information content (AvgIpc) is 2.62. The molecule has 2 rings (SSSR count). The van der Waals surface area contributed by atoms with E-state index >= 15 is 0 Å². The maximum atomic E-state index is 11.8. The molecule has 1 atom stereocenters. The minimum Gasteiger partial charge on any atom is -0.457 e. The molecular formula is C18H20N2O4. The van der Waals surface area contributed by atoms with Crippen LogP contribution in [-0.4, -0.2) is 29.6 Å². The first-order valence-corrected chi connectivity index (χ1v) is 7.68. The molecule has 126 valence electrons. The molecule has 0 spiro atoms. The highest BCUT2D eigenvalue weighted by Crippen LogP contribution is 2.22. The van der Waals surface area contributed by atoms with Crippen molar-refractivity contribution in [3.63, 3.8) is 0 Å². The fourth-order valence-electron chi connectivity index (χ4n) is 1.95. The van der Waals surface area contributed by atoms with E-state index in [2.05, 4.69) is 10.6 Å². The second-order valence-corrected chi connectivity index (χ2v) is 5.15. The number of ether oxygens (including phenoxy) is 1. The van der Waals surface area contributed by atoms with E-state index < -0.39 is 17.9 Å². The standard InChI is InChI=1S/C18H20N2O4/c1-2-13(12-21)19-17(22)18(23)20-14-8-10-16(11-9-14)24-15-6-4-3-5-7-15/h3-11,13,21H,2,12H2,1H3,(H,19,22)(H,20,23). The summed E-state index contributed by atoms with van der Waals surface area (Å²) >= 11 is 0. The molecule has 0 aliphatic carbocycles. The summed E-state index contributed by atoms with van der Waals surface area (Å²) in [5.41, 5.74) is 0.479. The topological polar surface area (TPSA) is 87.7 Å². The average molecular weight is 328 g/mol. The zero-order valence-electron chi connectivity index (χ0n) is 13.4. The van der Waals surface area contributed by atoms with Crippen LogP contribution in [0.15, 0.2) is 54.6 Å². The Hall–Kier alpha value is -2.86. The highest BCUT2D eigenvalue weighted by atomic mass is 16.5. The molecular weight excluding hydrogens is 308 g/mol. The predicted molar refractivity (Wildman–Crippen MR) is 90.9 cm³/mol. The molecule has 3 N–H and O–H groups in total. The van der Waals surface area contributed by atoms with Gasteiger partial charge in [0.1, 0.15) is 11.5 Å². The number of para-hydroxylation sites is 1. The summed E-state index contributed by atoms with van der Waals surface area (Å²) in [5, 5.41) is 14.0. The van der Waals surface area contributed by atoms with Crippen molar-refractivity contribution >= 4 is 17.5 Å². The molecule has 6 heteroatoms. The van der Waals surface area contributed by atoms with E-state index in [9.17, 15) is 9.59 Å². The van der Waals surface area contributed by atoms with Crippen LogP contribution in [0, 0.1) is 0 Å². The van der Waals surface area contributed by atoms with Gasteiger partial charge in [0.2, 0.25) is 0 Å². The van der Waals surface area contributed by atoms with Crippen LogP contribution in [0.2, 0.25) is 0 Å². The summed E-state index contributed by atoms with van der Waals surface area (Å²) in [4.78, 5) is 23.5. The first kappa shape index (κ1) is 17.5. The van der Waals surface area contributed by atoms with Gasteiger partial charge in [-0.05, 0) is 42.8 Å². The molecule has 0 aliphatic rings. The lowest BCUT2D eigenvalue weighted by Gasteiger charge is -2.13. The summed E-state index contributed by atoms with van der Waals surface area (Å²) in [6, 6.07) is 15.6. The van der Waals surface area contributed by atoms with Gasteiger partial charge in [0, 0.05) is 5.69 Å². The van der Waals surface area contributed by atoms with E-state index in [1.54, 1.807) is 24.3 Å². The first-order valence-electron chi connectivity index (χ1n) is 7.68. The normalized spacial score (nSPS) is 11.4. The highest BCUT2D eigenvalue weighted by Gasteiger charge is 2.17. The monoisotopic (exact) mass is 328 g/mol. The fourth-order valence-corrected chi connectivity index (χ4v) is 1.95. The molecule has 0 fully saturated rings. The van der Waals surface area contributed by atoms with Crippen molar-refractivity contribution < 1.29 is 19.4 Å². The lowest BCUT2D eigenvalue weighted by atomic mass is 10.2. The Morgan fingerprint density at radius 1 is 1.00 bits per heavy atom. The number of amides is 2. The van der Waals surface area contributed by atoms with Crippen LogP contribution in [0.1, 0.15) is 13.3 Å². The summed E-state index contributed by atoms with van der Waals surface area (Å²) in [7, 11) is 0. The minimum atomic E-state index is -0.779. The van der Waals surface area contributed by atoms with Gasteiger partial charge in [-0.1, -0.05) is 25.1 Å². The van der Waals surface area contributed by atoms with Crippen molar-refractivity contribution in [2.45, 2.75) is 19.4 Å². The summed E-state index contributed by atoms with van der Waals surface area (Å²) in [5.74, 6) is -0.225. The number of carbonyl (C=O) groups excluding carboxylic acids is 2. The van der Waals surface area contributed by atoms with Gasteiger partial charge in [-0.2, -0.15) is 0 Å². The van der Waals surface area contributed by atoms with Gasteiger partial charge in [-0.3, -0.25) is 9.59 Å². The lowest BCUT2D eigenvalue weighted by molar-refractivity contribution is -0.136. The quantitative estimate of drug-likeness (QED) is 0.710. The van der Waals surface area contributed by atoms with Gasteiger partial charge >= 0.3 is 11.8 Å². The van der Waals surface area contributed by atoms with Crippen molar-refractivity contribution in [2.75, 3.05) is 11.9 Å². The fraction of sp³-hybridized carbons (Fsp3) is 0.222. The number of hydrogen-bond donors (Lipinski definition) is 3. The van der Waals surface area contributed by atoms with Crippen LogP contribution in [0.3, 0.4) is 0 Å². The van der Waals surface area contributed by atoms with E-state index in [0.29, 0.717) is 23.6 Å². The molecule has 1 unspecified atom stereocenters. The third-order valence-corrected chi connectivity index (χ3v) is 3.35. The molecule has 0 aromatic heterocycles. The van der Waals surface area contributed by atoms with Gasteiger partial charge in [0.15, 0.2) is 0 Å². The third kappa shape index (κ3) is 5.10. The number of rotatable bonds is 6. The molecule has 0 saturated carbocycles. The van der Waals surface area contributed by atoms with E-state index in [4.69, 9.17) is 9.84 Å². The number of benzene rings is 2. The smallest absolute Gasteiger partial charge is 0.313 e. The van der Waals surface area contributed by atoms with Crippen LogP contribution >= 0.6 is 0 Å². The molecule has 0 saturated heterocycles. The number of hydrogen-bond acceptors (Lipinski definition) is 4. The molecule has 2 aromatic carbocycles. The van der Waals surface area contributed by atoms with Gasteiger partial charge in [0.25, 0.3) is 0 Å². The maximum absolute atomic E-state index is 11.8. The van der Waals surface area contributed by atoms with Crippen molar-refractivity contribution in [1.82, 2.24) is 5.32 Å². The van der Waals surface area contributed by atoms with Crippen molar-refractivity contribution in [2.24, 2.45) is 0 Å². The van der Waals surface area contributed by atoms with E-state index in [1.807, 2.05) is 37.3 Å². The van der Waals surface area contributed by atoms with Crippen LogP contribution in [0.25, 0.3) is 0 Å². The van der Waals surface area contributed by atoms with E-state index in [0.717, 1.165) is 0 Å². The lowest BCUT2D eigenvalue weighted by Crippen LogP contribution is -2.43. The molecule has 24 heavy (non-hydrogen) atoms. The Morgan fingerprint density at radius 3 is 2.21 bits per heavy atom. The van der Waals surface area contributed by atoms with Crippen LogP contribution in [0.4, 0.5) is 5.69 Å². The van der Waals surface area contributed by atoms with Crippen molar-refractivity contribution in [3.8, 4) is 11.5 Å². The minimum absolute atomic E-state index is 0.207. The van der Waals surface area contributed by atoms with Gasteiger partial charge in [0.05, 0.1) is 12.6 Å². The molecule has 0 radical (unpaired) electrons. The zero-order chi connectivity index (χ0) is 17.4. The number of anilines is 1. The van der Waals surface area contributed by atoms with Crippen LogP contribution < -0.4 is 15.4 Å². The predicted octanol–water partition coefficient (Wildman–Crippen LogP) is 2.30. The second-order valence-electron chi connectivity index (χ2n) is 5.15. The summed E-state index contributed by atoms with van der Waals surface area (Å²) in [6.07, 6.45) is 0.543. The Labute approximate surface area is 140 Å². The van der Waals surface area contributed by atoms with Crippen LogP contribution in [0.5, 0.6) is 11.5 Å². The Morgan fingerprint density at radius 2 is 1.62 bits per heavy atom. The highest BCUT2D eigenvalue weighted by molar-refractivity contribution is 6.39. The summed E-state index contributed by atoms with van der Waals surface area (Å²) < 4.78 is 5.65. The van der Waals surface area contributed by atoms with Gasteiger partial charge in [-0.15, -0.1) is 0 Å². The Kier molecular flexibility index (Phi) is 6.33. The molecule has 0 bridgehead atoms. The first-order chi connectivity index (χ1) is 11.6. The zero-order valence-corrected chi connectivity index (χ0v) is 13.4. The number of carbonyl (C=O) groups is 2. The number of nitrogens with one attached hydrogen (secondary N) is 2. The van der Waals surface area contributed by atoms with Gasteiger partial charge in [-0.25, -0.2) is 0 Å². The van der Waals surface area contributed by atoms with Gasteiger partial charge < -0.3 is 20.5 Å². The molecule has 6 nitrogen and oxygen atoms in total. The summed E-state index contributed by atoms with van der Waals surface area (Å²) in [6.45, 7) is 1.60. The number of aliphatic hydroxyl groups is 1. The van der Waals surface area contributed by atoms with Crippen molar-refractivity contribution in [1.29, 1.82) is 0 Å². The Balaban J connectivity index is 1.91. The van der Waals surface area contributed by atoms with Crippen LogP contribution in [-0.2, 0) is 9.59 Å². The molecule has 0 heterocycles.